The summed E-state index contributed by atoms with van der Waals surface area (Å²) in [5.41, 5.74) is 0.815. The highest BCUT2D eigenvalue weighted by molar-refractivity contribution is 5.83. The van der Waals surface area contributed by atoms with E-state index in [4.69, 9.17) is 9.15 Å². The van der Waals surface area contributed by atoms with Crippen LogP contribution in [0.3, 0.4) is 0 Å². The molecule has 1 aliphatic rings. The zero-order valence-corrected chi connectivity index (χ0v) is 14.0. The first-order valence-electron chi connectivity index (χ1n) is 8.75. The summed E-state index contributed by atoms with van der Waals surface area (Å²) in [4.78, 5) is 0. The minimum Gasteiger partial charge on any atom is -0.490 e. The molecule has 4 heteroatoms. The zero-order chi connectivity index (χ0) is 16.2. The van der Waals surface area contributed by atoms with E-state index in [1.807, 2.05) is 25.1 Å². The van der Waals surface area contributed by atoms with Crippen LogP contribution in [0.1, 0.15) is 51.3 Å². The Morgan fingerprint density at radius 2 is 2.17 bits per heavy atom. The number of benzene rings is 1. The molecule has 3 atom stereocenters. The summed E-state index contributed by atoms with van der Waals surface area (Å²) < 4.78 is 11.7. The number of para-hydroxylation sites is 1. The second-order valence-corrected chi connectivity index (χ2v) is 6.50. The number of aliphatic hydroxyl groups excluding tert-OH is 1. The molecule has 0 amide bonds. The Kier molecular flexibility index (Phi) is 5.23. The molecule has 2 aromatic rings. The quantitative estimate of drug-likeness (QED) is 0.844. The van der Waals surface area contributed by atoms with Crippen LogP contribution in [-0.4, -0.2) is 24.4 Å². The van der Waals surface area contributed by atoms with Gasteiger partial charge in [0.1, 0.15) is 5.76 Å². The average molecular weight is 317 g/mol. The van der Waals surface area contributed by atoms with Crippen molar-refractivity contribution in [3.05, 3.63) is 30.0 Å². The Hall–Kier alpha value is -1.52. The lowest BCUT2D eigenvalue weighted by atomic mass is 9.86. The second kappa shape index (κ2) is 7.37. The summed E-state index contributed by atoms with van der Waals surface area (Å²) in [6.07, 6.45) is 4.25. The maximum atomic E-state index is 10.1. The number of rotatable bonds is 6. The SMILES string of the molecule is CCOc1cccc2cc(C(C)NCC3CCCCC3O)oc12. The summed E-state index contributed by atoms with van der Waals surface area (Å²) in [7, 11) is 0. The third-order valence-electron chi connectivity index (χ3n) is 4.81. The molecule has 1 saturated carbocycles. The van der Waals surface area contributed by atoms with E-state index in [-0.39, 0.29) is 12.1 Å². The lowest BCUT2D eigenvalue weighted by Crippen LogP contribution is -2.34. The first-order chi connectivity index (χ1) is 11.2. The normalized spacial score (nSPS) is 23.1. The molecule has 1 heterocycles. The molecule has 0 spiro atoms. The standard InChI is InChI=1S/C19H27NO3/c1-3-22-17-10-6-8-14-11-18(23-19(14)17)13(2)20-12-15-7-4-5-9-16(15)21/h6,8,10-11,13,15-16,20-21H,3-5,7,9,12H2,1-2H3. The van der Waals surface area contributed by atoms with Gasteiger partial charge in [-0.3, -0.25) is 0 Å². The van der Waals surface area contributed by atoms with Gasteiger partial charge in [0.05, 0.1) is 18.8 Å². The fourth-order valence-electron chi connectivity index (χ4n) is 3.39. The Bertz CT molecular complexity index is 637. The molecular formula is C19H27NO3. The van der Waals surface area contributed by atoms with Crippen molar-refractivity contribution in [2.75, 3.05) is 13.2 Å². The van der Waals surface area contributed by atoms with Crippen molar-refractivity contribution in [1.29, 1.82) is 0 Å². The molecule has 126 valence electrons. The van der Waals surface area contributed by atoms with Crippen molar-refractivity contribution in [2.24, 2.45) is 5.92 Å². The van der Waals surface area contributed by atoms with E-state index < -0.39 is 0 Å². The molecule has 1 aromatic heterocycles. The number of aliphatic hydroxyl groups is 1. The van der Waals surface area contributed by atoms with Gasteiger partial charge in [-0.1, -0.05) is 25.0 Å². The van der Waals surface area contributed by atoms with Crippen molar-refractivity contribution in [2.45, 2.75) is 51.7 Å². The molecule has 4 nitrogen and oxygen atoms in total. The summed E-state index contributed by atoms with van der Waals surface area (Å²) in [5.74, 6) is 2.07. The minimum atomic E-state index is -0.163. The lowest BCUT2D eigenvalue weighted by Gasteiger charge is -2.28. The van der Waals surface area contributed by atoms with Gasteiger partial charge < -0.3 is 19.6 Å². The highest BCUT2D eigenvalue weighted by Crippen LogP contribution is 2.31. The third kappa shape index (κ3) is 3.70. The highest BCUT2D eigenvalue weighted by atomic mass is 16.5. The van der Waals surface area contributed by atoms with E-state index in [0.717, 1.165) is 48.3 Å². The number of hydrogen-bond donors (Lipinski definition) is 2. The monoisotopic (exact) mass is 317 g/mol. The maximum Gasteiger partial charge on any atom is 0.176 e. The molecular weight excluding hydrogens is 290 g/mol. The van der Waals surface area contributed by atoms with Crippen molar-refractivity contribution >= 4 is 11.0 Å². The minimum absolute atomic E-state index is 0.117. The van der Waals surface area contributed by atoms with Crippen molar-refractivity contribution in [1.82, 2.24) is 5.32 Å². The maximum absolute atomic E-state index is 10.1. The van der Waals surface area contributed by atoms with Crippen LogP contribution in [0.4, 0.5) is 0 Å². The summed E-state index contributed by atoms with van der Waals surface area (Å²) in [5, 5.41) is 14.7. The van der Waals surface area contributed by atoms with Gasteiger partial charge in [-0.15, -0.1) is 0 Å². The molecule has 0 saturated heterocycles. The Labute approximate surface area is 137 Å². The van der Waals surface area contributed by atoms with E-state index in [1.165, 1.54) is 6.42 Å². The molecule has 0 aliphatic heterocycles. The average Bonchev–Trinajstić information content (AvgIpc) is 2.99. The Morgan fingerprint density at radius 3 is 2.96 bits per heavy atom. The third-order valence-corrected chi connectivity index (χ3v) is 4.81. The van der Waals surface area contributed by atoms with E-state index in [1.54, 1.807) is 0 Å². The molecule has 23 heavy (non-hydrogen) atoms. The van der Waals surface area contributed by atoms with E-state index in [9.17, 15) is 5.11 Å². The number of fused-ring (bicyclic) bond motifs is 1. The van der Waals surface area contributed by atoms with Crippen LogP contribution in [0.15, 0.2) is 28.7 Å². The van der Waals surface area contributed by atoms with Crippen LogP contribution in [0.5, 0.6) is 5.75 Å². The van der Waals surface area contributed by atoms with Crippen LogP contribution in [-0.2, 0) is 0 Å². The number of hydrogen-bond acceptors (Lipinski definition) is 4. The predicted molar refractivity (Wildman–Crippen MR) is 91.8 cm³/mol. The van der Waals surface area contributed by atoms with Gasteiger partial charge in [0.2, 0.25) is 0 Å². The van der Waals surface area contributed by atoms with Gasteiger partial charge in [0, 0.05) is 11.9 Å². The first-order valence-corrected chi connectivity index (χ1v) is 8.75. The summed E-state index contributed by atoms with van der Waals surface area (Å²) >= 11 is 0. The molecule has 1 fully saturated rings. The van der Waals surface area contributed by atoms with Gasteiger partial charge in [0.15, 0.2) is 11.3 Å². The van der Waals surface area contributed by atoms with Crippen LogP contribution >= 0.6 is 0 Å². The number of nitrogens with one attached hydrogen (secondary N) is 1. The highest BCUT2D eigenvalue weighted by Gasteiger charge is 2.24. The Morgan fingerprint density at radius 1 is 1.35 bits per heavy atom. The van der Waals surface area contributed by atoms with Crippen LogP contribution in [0.2, 0.25) is 0 Å². The summed E-state index contributed by atoms with van der Waals surface area (Å²) in [6, 6.07) is 8.17. The van der Waals surface area contributed by atoms with Gasteiger partial charge in [-0.2, -0.15) is 0 Å². The van der Waals surface area contributed by atoms with Gasteiger partial charge in [-0.05, 0) is 44.7 Å². The first kappa shape index (κ1) is 16.3. The van der Waals surface area contributed by atoms with Crippen molar-refractivity contribution < 1.29 is 14.3 Å². The molecule has 3 unspecified atom stereocenters. The van der Waals surface area contributed by atoms with E-state index >= 15 is 0 Å². The summed E-state index contributed by atoms with van der Waals surface area (Å²) in [6.45, 7) is 5.54. The van der Waals surface area contributed by atoms with Gasteiger partial charge in [-0.25, -0.2) is 0 Å². The van der Waals surface area contributed by atoms with E-state index in [2.05, 4.69) is 18.3 Å². The number of ether oxygens (including phenoxy) is 1. The fourth-order valence-corrected chi connectivity index (χ4v) is 3.39. The largest absolute Gasteiger partial charge is 0.490 e. The molecule has 2 N–H and O–H groups in total. The molecule has 0 radical (unpaired) electrons. The molecule has 3 rings (SSSR count). The zero-order valence-electron chi connectivity index (χ0n) is 14.0. The second-order valence-electron chi connectivity index (χ2n) is 6.50. The van der Waals surface area contributed by atoms with E-state index in [0.29, 0.717) is 12.5 Å². The topological polar surface area (TPSA) is 54.6 Å². The Balaban J connectivity index is 1.68. The predicted octanol–water partition coefficient (Wildman–Crippen LogP) is 4.03. The van der Waals surface area contributed by atoms with Crippen LogP contribution in [0, 0.1) is 5.92 Å². The van der Waals surface area contributed by atoms with Crippen LogP contribution < -0.4 is 10.1 Å². The number of furan rings is 1. The van der Waals surface area contributed by atoms with Crippen molar-refractivity contribution in [3.8, 4) is 5.75 Å². The molecule has 0 bridgehead atoms. The van der Waals surface area contributed by atoms with Gasteiger partial charge in [0.25, 0.3) is 0 Å². The molecule has 1 aromatic carbocycles. The lowest BCUT2D eigenvalue weighted by molar-refractivity contribution is 0.0680. The fraction of sp³-hybridized carbons (Fsp3) is 0.579. The van der Waals surface area contributed by atoms with Crippen molar-refractivity contribution in [3.63, 3.8) is 0 Å². The molecule has 1 aliphatic carbocycles. The van der Waals surface area contributed by atoms with Gasteiger partial charge >= 0.3 is 0 Å². The smallest absolute Gasteiger partial charge is 0.176 e. The van der Waals surface area contributed by atoms with Crippen LogP contribution in [0.25, 0.3) is 11.0 Å².